The molecule has 0 fully saturated rings. The highest BCUT2D eigenvalue weighted by molar-refractivity contribution is 6.40. The number of nitrogens with zero attached hydrogens (tertiary/aromatic N) is 2. The largest absolute Gasteiger partial charge is 0.507 e. The molecule has 0 heterocycles. The van der Waals surface area contributed by atoms with Gasteiger partial charge >= 0.3 is 5.97 Å². The SMILES string of the molecule is CCC(C)(C)C(=O)OCCOc1ccc(N(c2ccc(C3=C(O)/C(=C4/C=CC(=[N+](c5ccccc5)c5cccc6ccccc56)C=C4O)C3=O)c(O)c2)c2cccc3ccccc23)cc1. The minimum absolute atomic E-state index is 0.0356. The summed E-state index contributed by atoms with van der Waals surface area (Å²) in [6.07, 6.45) is 5.71. The summed E-state index contributed by atoms with van der Waals surface area (Å²) in [6, 6.07) is 50.4. The van der Waals surface area contributed by atoms with Crippen LogP contribution in [0.1, 0.15) is 32.8 Å². The first-order valence-electron chi connectivity index (χ1n) is 21.6. The number of fused-ring (bicyclic) bond motifs is 2. The van der Waals surface area contributed by atoms with Crippen LogP contribution in [0.5, 0.6) is 11.5 Å². The van der Waals surface area contributed by atoms with Gasteiger partial charge in [0.05, 0.1) is 33.7 Å². The van der Waals surface area contributed by atoms with Gasteiger partial charge in [-0.3, -0.25) is 9.59 Å². The van der Waals surface area contributed by atoms with Gasteiger partial charge in [0.15, 0.2) is 0 Å². The van der Waals surface area contributed by atoms with Gasteiger partial charge in [-0.25, -0.2) is 0 Å². The molecule has 9 rings (SSSR count). The minimum Gasteiger partial charge on any atom is -0.507 e. The van der Waals surface area contributed by atoms with E-state index in [4.69, 9.17) is 9.47 Å². The monoisotopic (exact) mass is 859 g/mol. The lowest BCUT2D eigenvalue weighted by Crippen LogP contribution is -2.27. The van der Waals surface area contributed by atoms with E-state index in [2.05, 4.69) is 18.2 Å². The molecule has 0 saturated heterocycles. The number of hydrogen-bond acceptors (Lipinski definition) is 8. The molecule has 9 nitrogen and oxygen atoms in total. The van der Waals surface area contributed by atoms with Crippen LogP contribution in [0, 0.1) is 5.41 Å². The van der Waals surface area contributed by atoms with Crippen molar-refractivity contribution in [1.29, 1.82) is 0 Å². The number of anilines is 3. The number of benzene rings is 7. The number of carbonyl (C=O) groups excluding carboxylic acids is 2. The van der Waals surface area contributed by atoms with Crippen molar-refractivity contribution in [2.45, 2.75) is 27.2 Å². The van der Waals surface area contributed by atoms with Crippen molar-refractivity contribution < 1.29 is 34.4 Å². The third-order valence-electron chi connectivity index (χ3n) is 12.1. The summed E-state index contributed by atoms with van der Waals surface area (Å²) in [4.78, 5) is 28.4. The van der Waals surface area contributed by atoms with Crippen molar-refractivity contribution in [2.24, 2.45) is 5.41 Å². The van der Waals surface area contributed by atoms with Crippen molar-refractivity contribution in [3.05, 3.63) is 204 Å². The fraction of sp³-hybridized carbons (Fsp3) is 0.125. The fourth-order valence-corrected chi connectivity index (χ4v) is 8.21. The first kappa shape index (κ1) is 42.1. The molecular formula is C56H47N2O7+. The number of Topliss-reactive ketones (excluding diaryl/α,β-unsaturated/α-hetero) is 1. The summed E-state index contributed by atoms with van der Waals surface area (Å²) in [5.74, 6) is -0.894. The van der Waals surface area contributed by atoms with Gasteiger partial charge in [0.1, 0.15) is 36.2 Å². The lowest BCUT2D eigenvalue weighted by atomic mass is 9.79. The number of phenols is 1. The van der Waals surface area contributed by atoms with Gasteiger partial charge in [-0.2, -0.15) is 4.58 Å². The zero-order valence-electron chi connectivity index (χ0n) is 36.2. The Balaban J connectivity index is 1.03. The van der Waals surface area contributed by atoms with E-state index >= 15 is 0 Å². The molecule has 0 spiro atoms. The average molecular weight is 860 g/mol. The Morgan fingerprint density at radius 3 is 2.02 bits per heavy atom. The number of aliphatic hydroxyl groups is 2. The van der Waals surface area contributed by atoms with Crippen LogP contribution >= 0.6 is 0 Å². The number of esters is 1. The predicted octanol–water partition coefficient (Wildman–Crippen LogP) is 12.7. The van der Waals surface area contributed by atoms with Gasteiger partial charge in [-0.15, -0.1) is 0 Å². The second kappa shape index (κ2) is 17.5. The second-order valence-electron chi connectivity index (χ2n) is 16.5. The summed E-state index contributed by atoms with van der Waals surface area (Å²) in [7, 11) is 0. The highest BCUT2D eigenvalue weighted by Gasteiger charge is 2.40. The summed E-state index contributed by atoms with van der Waals surface area (Å²) in [6.45, 7) is 5.97. The maximum atomic E-state index is 14.0. The molecule has 0 unspecified atom stereocenters. The molecule has 0 bridgehead atoms. The van der Waals surface area contributed by atoms with Crippen LogP contribution in [0.3, 0.4) is 0 Å². The first-order valence-corrected chi connectivity index (χ1v) is 21.6. The molecular weight excluding hydrogens is 813 g/mol. The standard InChI is InChI=1S/C56H46N2O7/c1-4-56(2,3)55(63)65-33-32-64-42-28-24-39(25-29-42)58(48-23-13-17-37-15-9-11-21-44(37)48)41-27-31-46(50(60)35-41)52-53(61)51(54(52)62)45-30-26-40(34-49(45)59)57(38-18-6-5-7-19-38)47-22-12-16-36-14-8-10-20-43(36)47/h5-31,34-35H,4,32-33H2,1-3H3,(H2,59,60,61,62)/p+1. The molecule has 7 aromatic carbocycles. The van der Waals surface area contributed by atoms with E-state index in [1.54, 1.807) is 30.4 Å². The number of ketones is 1. The van der Waals surface area contributed by atoms with Crippen LogP contribution in [0.25, 0.3) is 27.1 Å². The highest BCUT2D eigenvalue weighted by atomic mass is 16.6. The van der Waals surface area contributed by atoms with E-state index in [0.717, 1.165) is 44.3 Å². The number of aromatic hydroxyl groups is 1. The van der Waals surface area contributed by atoms with Crippen LogP contribution < -0.4 is 14.2 Å². The topological polar surface area (TPSA) is 120 Å². The molecule has 3 N–H and O–H groups in total. The van der Waals surface area contributed by atoms with Crippen molar-refractivity contribution in [2.75, 3.05) is 18.1 Å². The molecule has 0 amide bonds. The van der Waals surface area contributed by atoms with Crippen molar-refractivity contribution >= 4 is 73.0 Å². The van der Waals surface area contributed by atoms with Gasteiger partial charge in [-0.05, 0) is 85.6 Å². The van der Waals surface area contributed by atoms with E-state index in [-0.39, 0.29) is 58.7 Å². The molecule has 2 aliphatic rings. The van der Waals surface area contributed by atoms with Crippen molar-refractivity contribution in [3.63, 3.8) is 0 Å². The molecule has 0 aliphatic heterocycles. The number of para-hydroxylation sites is 1. The number of hydrogen-bond donors (Lipinski definition) is 3. The molecule has 0 saturated carbocycles. The van der Waals surface area contributed by atoms with Crippen LogP contribution in [0.15, 0.2) is 199 Å². The third kappa shape index (κ3) is 8.04. The molecule has 9 heteroatoms. The lowest BCUT2D eigenvalue weighted by Gasteiger charge is -2.28. The Hall–Kier alpha value is -8.17. The number of phenolic OH excluding ortho intramolecular Hbond substituents is 1. The maximum Gasteiger partial charge on any atom is 0.311 e. The number of carbonyl (C=O) groups is 2. The highest BCUT2D eigenvalue weighted by Crippen LogP contribution is 2.46. The Labute approximate surface area is 377 Å². The molecule has 322 valence electrons. The van der Waals surface area contributed by atoms with Gasteiger partial charge in [0, 0.05) is 58.2 Å². The van der Waals surface area contributed by atoms with E-state index in [0.29, 0.717) is 23.6 Å². The second-order valence-corrected chi connectivity index (χ2v) is 16.5. The third-order valence-corrected chi connectivity index (χ3v) is 12.1. The quantitative estimate of drug-likeness (QED) is 0.0481. The van der Waals surface area contributed by atoms with Crippen LogP contribution in [0.2, 0.25) is 0 Å². The van der Waals surface area contributed by atoms with Crippen molar-refractivity contribution in [3.8, 4) is 11.5 Å². The van der Waals surface area contributed by atoms with Gasteiger partial charge in [-0.1, -0.05) is 91.9 Å². The molecule has 0 aromatic heterocycles. The van der Waals surface area contributed by atoms with Crippen LogP contribution in [-0.2, 0) is 14.3 Å². The zero-order valence-corrected chi connectivity index (χ0v) is 36.2. The van der Waals surface area contributed by atoms with Crippen LogP contribution in [-0.4, -0.2) is 46.0 Å². The summed E-state index contributed by atoms with van der Waals surface area (Å²) in [5, 5.41) is 38.8. The lowest BCUT2D eigenvalue weighted by molar-refractivity contribution is -0.154. The number of rotatable bonds is 12. The summed E-state index contributed by atoms with van der Waals surface area (Å²) >= 11 is 0. The van der Waals surface area contributed by atoms with Crippen LogP contribution in [0.4, 0.5) is 28.4 Å². The molecule has 7 aromatic rings. The Bertz CT molecular complexity index is 3170. The van der Waals surface area contributed by atoms with Gasteiger partial charge < -0.3 is 29.7 Å². The molecule has 2 aliphatic carbocycles. The van der Waals surface area contributed by atoms with E-state index in [1.807, 2.05) is 158 Å². The number of allylic oxidation sites excluding steroid dienone is 5. The summed E-state index contributed by atoms with van der Waals surface area (Å²) in [5.41, 5.74) is 4.34. The molecule has 0 atom stereocenters. The normalized spacial score (nSPS) is 15.7. The van der Waals surface area contributed by atoms with Gasteiger partial charge in [0.25, 0.3) is 0 Å². The maximum absolute atomic E-state index is 14.0. The summed E-state index contributed by atoms with van der Waals surface area (Å²) < 4.78 is 13.4. The van der Waals surface area contributed by atoms with E-state index in [1.165, 1.54) is 0 Å². The molecule has 0 radical (unpaired) electrons. The predicted molar refractivity (Wildman–Crippen MR) is 259 cm³/mol. The average Bonchev–Trinajstić information content (AvgIpc) is 3.33. The first-order chi connectivity index (χ1) is 31.5. The van der Waals surface area contributed by atoms with Crippen molar-refractivity contribution in [1.82, 2.24) is 4.58 Å². The van der Waals surface area contributed by atoms with E-state index in [9.17, 15) is 24.9 Å². The fourth-order valence-electron chi connectivity index (χ4n) is 8.21. The molecule has 65 heavy (non-hydrogen) atoms. The zero-order chi connectivity index (χ0) is 45.2. The minimum atomic E-state index is -0.561. The Kier molecular flexibility index (Phi) is 11.4. The number of aliphatic hydroxyl groups excluding tert-OH is 2. The van der Waals surface area contributed by atoms with E-state index < -0.39 is 11.2 Å². The smallest absolute Gasteiger partial charge is 0.311 e. The Morgan fingerprint density at radius 2 is 1.32 bits per heavy atom. The number of ether oxygens (including phenoxy) is 2. The van der Waals surface area contributed by atoms with Gasteiger partial charge in [0.2, 0.25) is 22.9 Å². The Morgan fingerprint density at radius 1 is 0.677 bits per heavy atom.